The van der Waals surface area contributed by atoms with Gasteiger partial charge >= 0.3 is 12.4 Å². The third kappa shape index (κ3) is 7.06. The summed E-state index contributed by atoms with van der Waals surface area (Å²) in [4.78, 5) is 0. The van der Waals surface area contributed by atoms with Crippen molar-refractivity contribution < 1.29 is 26.3 Å². The smallest absolute Gasteiger partial charge is 0.171 e. The van der Waals surface area contributed by atoms with Crippen molar-refractivity contribution in [2.24, 2.45) is 5.92 Å². The third-order valence-electron chi connectivity index (χ3n) is 4.72. The Morgan fingerprint density at radius 2 is 1.34 bits per heavy atom. The summed E-state index contributed by atoms with van der Waals surface area (Å²) in [5, 5.41) is 0. The lowest BCUT2D eigenvalue weighted by Gasteiger charge is -2.20. The molecule has 0 aliphatic rings. The van der Waals surface area contributed by atoms with Crippen molar-refractivity contribution in [2.75, 3.05) is 0 Å². The summed E-state index contributed by atoms with van der Waals surface area (Å²) in [6.07, 6.45) is -11.6. The number of benzene rings is 2. The zero-order valence-electron chi connectivity index (χ0n) is 16.2. The summed E-state index contributed by atoms with van der Waals surface area (Å²) in [6, 6.07) is 14.8. The van der Waals surface area contributed by atoms with Crippen LogP contribution in [0.3, 0.4) is 0 Å². The maximum Gasteiger partial charge on any atom is 0.391 e. The standard InChI is InChI=1S/C22H22F6Si/c1-15-7-3-5-9-18(15)20(19-10-6-4-8-16(19)2)14-29-13-17(22(26,27)28)11-12-21(23,24)25/h3-10,14,17H,11-13H2,1-2H3. The van der Waals surface area contributed by atoms with Gasteiger partial charge in [-0.25, -0.2) is 0 Å². The largest absolute Gasteiger partial charge is 0.391 e. The normalized spacial score (nSPS) is 13.2. The average Bonchev–Trinajstić information content (AvgIpc) is 2.61. The average molecular weight is 428 g/mol. The molecule has 7 heteroatoms. The van der Waals surface area contributed by atoms with E-state index in [4.69, 9.17) is 0 Å². The van der Waals surface area contributed by atoms with Crippen LogP contribution in [0.4, 0.5) is 26.3 Å². The molecule has 0 aromatic heterocycles. The Morgan fingerprint density at radius 1 is 0.862 bits per heavy atom. The summed E-state index contributed by atoms with van der Waals surface area (Å²) in [5.41, 5.74) is 6.35. The Bertz CT molecular complexity index is 788. The van der Waals surface area contributed by atoms with Crippen molar-refractivity contribution in [2.45, 2.75) is 45.1 Å². The van der Waals surface area contributed by atoms with E-state index in [0.29, 0.717) is 0 Å². The van der Waals surface area contributed by atoms with E-state index in [-0.39, 0.29) is 15.6 Å². The van der Waals surface area contributed by atoms with Crippen molar-refractivity contribution in [3.63, 3.8) is 0 Å². The molecule has 156 valence electrons. The van der Waals surface area contributed by atoms with Gasteiger partial charge in [0.05, 0.1) is 15.4 Å². The maximum atomic E-state index is 13.2. The zero-order valence-corrected chi connectivity index (χ0v) is 17.2. The van der Waals surface area contributed by atoms with Gasteiger partial charge in [-0.05, 0) is 54.1 Å². The van der Waals surface area contributed by atoms with Crippen LogP contribution >= 0.6 is 0 Å². The molecular weight excluding hydrogens is 406 g/mol. The van der Waals surface area contributed by atoms with E-state index in [1.807, 2.05) is 62.4 Å². The van der Waals surface area contributed by atoms with E-state index < -0.39 is 31.1 Å². The molecule has 0 amide bonds. The molecule has 2 radical (unpaired) electrons. The Morgan fingerprint density at radius 3 is 1.76 bits per heavy atom. The number of hydrogen-bond acceptors (Lipinski definition) is 0. The highest BCUT2D eigenvalue weighted by Gasteiger charge is 2.41. The predicted octanol–water partition coefficient (Wildman–Crippen LogP) is 7.34. The highest BCUT2D eigenvalue weighted by molar-refractivity contribution is 6.44. The molecule has 0 fully saturated rings. The van der Waals surface area contributed by atoms with Gasteiger partial charge in [-0.1, -0.05) is 54.2 Å². The molecule has 0 saturated carbocycles. The Hall–Kier alpha value is -2.02. The Balaban J connectivity index is 2.29. The van der Waals surface area contributed by atoms with E-state index >= 15 is 0 Å². The summed E-state index contributed by atoms with van der Waals surface area (Å²) in [6.45, 7) is 3.85. The van der Waals surface area contributed by atoms with E-state index in [1.54, 1.807) is 5.70 Å². The number of halogens is 6. The minimum atomic E-state index is -4.64. The molecule has 0 heterocycles. The van der Waals surface area contributed by atoms with Gasteiger partial charge in [-0.3, -0.25) is 0 Å². The van der Waals surface area contributed by atoms with Crippen LogP contribution < -0.4 is 0 Å². The topological polar surface area (TPSA) is 0 Å². The summed E-state index contributed by atoms with van der Waals surface area (Å²) in [5.74, 6) is -1.96. The molecule has 0 bridgehead atoms. The maximum absolute atomic E-state index is 13.2. The summed E-state index contributed by atoms with van der Waals surface area (Å²) >= 11 is 0. The highest BCUT2D eigenvalue weighted by Crippen LogP contribution is 2.36. The fourth-order valence-corrected chi connectivity index (χ4v) is 4.43. The van der Waals surface area contributed by atoms with Crippen molar-refractivity contribution in [3.05, 3.63) is 76.5 Å². The van der Waals surface area contributed by atoms with Crippen molar-refractivity contribution in [1.29, 1.82) is 0 Å². The molecule has 0 saturated heterocycles. The first-order valence-corrected chi connectivity index (χ1v) is 10.5. The van der Waals surface area contributed by atoms with Crippen molar-refractivity contribution in [1.82, 2.24) is 0 Å². The molecule has 0 N–H and O–H groups in total. The number of rotatable bonds is 7. The molecule has 2 aromatic rings. The SMILES string of the molecule is Cc1ccccc1C(=C[Si]CC(CCC(F)(F)F)C(F)(F)F)c1ccccc1C. The van der Waals surface area contributed by atoms with Crippen LogP contribution in [-0.4, -0.2) is 21.9 Å². The number of hydrogen-bond donors (Lipinski definition) is 0. The quantitative estimate of drug-likeness (QED) is 0.320. The molecule has 0 aliphatic heterocycles. The monoisotopic (exact) mass is 428 g/mol. The molecule has 1 unspecified atom stereocenters. The first kappa shape index (κ1) is 23.3. The van der Waals surface area contributed by atoms with Crippen LogP contribution in [0, 0.1) is 19.8 Å². The predicted molar refractivity (Wildman–Crippen MR) is 105 cm³/mol. The first-order chi connectivity index (χ1) is 13.5. The van der Waals surface area contributed by atoms with Crippen LogP contribution in [0.1, 0.15) is 35.1 Å². The molecule has 0 nitrogen and oxygen atoms in total. The van der Waals surface area contributed by atoms with Crippen molar-refractivity contribution >= 4 is 15.1 Å². The van der Waals surface area contributed by atoms with Gasteiger partial charge in [0.25, 0.3) is 0 Å². The van der Waals surface area contributed by atoms with E-state index in [0.717, 1.165) is 27.8 Å². The van der Waals surface area contributed by atoms with Gasteiger partial charge in [0, 0.05) is 6.42 Å². The summed E-state index contributed by atoms with van der Waals surface area (Å²) in [7, 11) is -0.246. The molecule has 2 rings (SSSR count). The van der Waals surface area contributed by atoms with Gasteiger partial charge in [0.15, 0.2) is 0 Å². The molecule has 2 aromatic carbocycles. The fourth-order valence-electron chi connectivity index (χ4n) is 3.07. The van der Waals surface area contributed by atoms with E-state index in [9.17, 15) is 26.3 Å². The van der Waals surface area contributed by atoms with Gasteiger partial charge in [0.2, 0.25) is 0 Å². The van der Waals surface area contributed by atoms with Crippen LogP contribution in [0.2, 0.25) is 6.04 Å². The lowest BCUT2D eigenvalue weighted by Crippen LogP contribution is -2.25. The molecule has 0 spiro atoms. The number of aryl methyl sites for hydroxylation is 2. The molecule has 1 atom stereocenters. The van der Waals surface area contributed by atoms with E-state index in [2.05, 4.69) is 0 Å². The lowest BCUT2D eigenvalue weighted by molar-refractivity contribution is -0.184. The van der Waals surface area contributed by atoms with Crippen LogP contribution in [0.15, 0.2) is 54.2 Å². The van der Waals surface area contributed by atoms with Gasteiger partial charge in [-0.15, -0.1) is 0 Å². The van der Waals surface area contributed by atoms with Gasteiger partial charge in [0.1, 0.15) is 0 Å². The van der Waals surface area contributed by atoms with Crippen LogP contribution in [0.25, 0.3) is 5.57 Å². The van der Waals surface area contributed by atoms with E-state index in [1.165, 1.54) is 0 Å². The minimum Gasteiger partial charge on any atom is -0.171 e. The second-order valence-corrected chi connectivity index (χ2v) is 8.09. The molecular formula is C22H22F6Si. The van der Waals surface area contributed by atoms with Crippen LogP contribution in [0.5, 0.6) is 0 Å². The first-order valence-electron chi connectivity index (χ1n) is 9.18. The molecule has 0 aliphatic carbocycles. The third-order valence-corrected chi connectivity index (χ3v) is 5.94. The summed E-state index contributed by atoms with van der Waals surface area (Å²) < 4.78 is 76.9. The van der Waals surface area contributed by atoms with Gasteiger partial charge in [-0.2, -0.15) is 26.3 Å². The Kier molecular flexibility index (Phi) is 7.74. The second kappa shape index (κ2) is 9.65. The minimum absolute atomic E-state index is 0.246. The number of alkyl halides is 6. The van der Waals surface area contributed by atoms with Crippen molar-refractivity contribution in [3.8, 4) is 0 Å². The highest BCUT2D eigenvalue weighted by atomic mass is 28.2. The second-order valence-electron chi connectivity index (χ2n) is 6.99. The zero-order chi connectivity index (χ0) is 21.7. The fraction of sp³-hybridized carbons (Fsp3) is 0.364. The Labute approximate surface area is 169 Å². The lowest BCUT2D eigenvalue weighted by atomic mass is 9.93. The van der Waals surface area contributed by atoms with Crippen LogP contribution in [-0.2, 0) is 0 Å². The molecule has 29 heavy (non-hydrogen) atoms. The van der Waals surface area contributed by atoms with Gasteiger partial charge < -0.3 is 0 Å².